The Hall–Kier alpha value is -1.73. The Morgan fingerprint density at radius 1 is 1.48 bits per heavy atom. The number of nitrogens with two attached hydrogens (primary N) is 1. The average molecular weight is 314 g/mol. The predicted molar refractivity (Wildman–Crippen MR) is 80.0 cm³/mol. The van der Waals surface area contributed by atoms with Crippen molar-refractivity contribution in [1.29, 1.82) is 0 Å². The van der Waals surface area contributed by atoms with Gasteiger partial charge in [0.05, 0.1) is 18.8 Å². The number of benzene rings is 1. The van der Waals surface area contributed by atoms with Gasteiger partial charge in [0.2, 0.25) is 0 Å². The number of aliphatic hydroxyl groups excluding tert-OH is 1. The predicted octanol–water partition coefficient (Wildman–Crippen LogP) is 2.49. The Morgan fingerprint density at radius 3 is 2.81 bits per heavy atom. The molecular formula is C14H16F2N2O2S. The largest absolute Gasteiger partial charge is 0.397 e. The zero-order chi connectivity index (χ0) is 15.6. The first kappa shape index (κ1) is 15.7. The van der Waals surface area contributed by atoms with Gasteiger partial charge in [-0.3, -0.25) is 4.79 Å². The molecule has 0 unspecified atom stereocenters. The molecule has 0 aliphatic carbocycles. The summed E-state index contributed by atoms with van der Waals surface area (Å²) in [4.78, 5) is 13.5. The van der Waals surface area contributed by atoms with Crippen LogP contribution in [0.15, 0.2) is 18.2 Å². The lowest BCUT2D eigenvalue weighted by Crippen LogP contribution is -2.37. The molecule has 1 heterocycles. The topological polar surface area (TPSA) is 66.6 Å². The van der Waals surface area contributed by atoms with Crippen LogP contribution in [0, 0.1) is 6.92 Å². The van der Waals surface area contributed by atoms with E-state index >= 15 is 0 Å². The summed E-state index contributed by atoms with van der Waals surface area (Å²) in [7, 11) is 0. The Morgan fingerprint density at radius 2 is 2.19 bits per heavy atom. The van der Waals surface area contributed by atoms with Gasteiger partial charge < -0.3 is 15.7 Å². The van der Waals surface area contributed by atoms with E-state index in [1.165, 1.54) is 11.3 Å². The molecule has 0 bridgehead atoms. The van der Waals surface area contributed by atoms with Crippen molar-refractivity contribution >= 4 is 33.0 Å². The number of rotatable bonds is 5. The maximum absolute atomic E-state index is 12.5. The summed E-state index contributed by atoms with van der Waals surface area (Å²) in [6.45, 7) is 0.678. The standard InChI is InChI=1S/C14H16F2N2O2S/c1-8-2-3-10-9(6-8)12(17)13(21-10)14(20)18(4-5-19)7-11(15)16/h2-3,6,11,19H,4-5,7,17H2,1H3. The molecule has 0 fully saturated rings. The summed E-state index contributed by atoms with van der Waals surface area (Å²) in [5.41, 5.74) is 7.30. The highest BCUT2D eigenvalue weighted by Gasteiger charge is 2.24. The lowest BCUT2D eigenvalue weighted by Gasteiger charge is -2.20. The van der Waals surface area contributed by atoms with Gasteiger partial charge in [0.25, 0.3) is 12.3 Å². The van der Waals surface area contributed by atoms with Crippen molar-refractivity contribution in [2.75, 3.05) is 25.4 Å². The Bertz CT molecular complexity index is 658. The number of nitrogens with zero attached hydrogens (tertiary/aromatic N) is 1. The molecule has 4 nitrogen and oxygen atoms in total. The number of aryl methyl sites for hydroxylation is 1. The third-order valence-corrected chi connectivity index (χ3v) is 4.27. The fourth-order valence-electron chi connectivity index (χ4n) is 2.10. The van der Waals surface area contributed by atoms with E-state index in [2.05, 4.69) is 0 Å². The number of hydrogen-bond donors (Lipinski definition) is 2. The molecule has 0 saturated heterocycles. The molecule has 2 rings (SSSR count). The van der Waals surface area contributed by atoms with Crippen LogP contribution >= 0.6 is 11.3 Å². The van der Waals surface area contributed by atoms with E-state index < -0.39 is 18.9 Å². The summed E-state index contributed by atoms with van der Waals surface area (Å²) in [6, 6.07) is 5.62. The number of anilines is 1. The van der Waals surface area contributed by atoms with Gasteiger partial charge in [0, 0.05) is 16.6 Å². The highest BCUT2D eigenvalue weighted by molar-refractivity contribution is 7.21. The number of carbonyl (C=O) groups excluding carboxylic acids is 1. The number of amides is 1. The quantitative estimate of drug-likeness (QED) is 0.891. The van der Waals surface area contributed by atoms with E-state index in [0.717, 1.165) is 20.5 Å². The highest BCUT2D eigenvalue weighted by Crippen LogP contribution is 2.35. The van der Waals surface area contributed by atoms with E-state index in [9.17, 15) is 13.6 Å². The summed E-state index contributed by atoms with van der Waals surface area (Å²) in [5.74, 6) is -0.569. The van der Waals surface area contributed by atoms with E-state index in [1.807, 2.05) is 25.1 Å². The Kier molecular flexibility index (Phi) is 4.74. The smallest absolute Gasteiger partial charge is 0.266 e. The first-order valence-corrected chi connectivity index (χ1v) is 7.22. The van der Waals surface area contributed by atoms with E-state index in [-0.39, 0.29) is 18.0 Å². The van der Waals surface area contributed by atoms with Crippen molar-refractivity contribution < 1.29 is 18.7 Å². The molecule has 2 aromatic rings. The maximum atomic E-state index is 12.5. The summed E-state index contributed by atoms with van der Waals surface area (Å²) < 4.78 is 25.9. The van der Waals surface area contributed by atoms with E-state index in [4.69, 9.17) is 10.8 Å². The van der Waals surface area contributed by atoms with Crippen LogP contribution < -0.4 is 5.73 Å². The number of fused-ring (bicyclic) bond motifs is 1. The second kappa shape index (κ2) is 6.36. The number of thiophene rings is 1. The molecule has 1 amide bonds. The van der Waals surface area contributed by atoms with Crippen molar-refractivity contribution in [3.63, 3.8) is 0 Å². The van der Waals surface area contributed by atoms with Gasteiger partial charge in [-0.25, -0.2) is 8.78 Å². The normalized spacial score (nSPS) is 11.3. The second-order valence-corrected chi connectivity index (χ2v) is 5.76. The number of aliphatic hydroxyl groups is 1. The fourth-order valence-corrected chi connectivity index (χ4v) is 3.17. The maximum Gasteiger partial charge on any atom is 0.266 e. The number of carbonyl (C=O) groups is 1. The van der Waals surface area contributed by atoms with Crippen LogP contribution in [0.2, 0.25) is 0 Å². The van der Waals surface area contributed by atoms with Crippen molar-refractivity contribution in [3.8, 4) is 0 Å². The molecule has 21 heavy (non-hydrogen) atoms. The Balaban J connectivity index is 2.39. The van der Waals surface area contributed by atoms with Crippen LogP contribution in [0.1, 0.15) is 15.2 Å². The van der Waals surface area contributed by atoms with Crippen molar-refractivity contribution in [3.05, 3.63) is 28.6 Å². The minimum Gasteiger partial charge on any atom is -0.397 e. The fraction of sp³-hybridized carbons (Fsp3) is 0.357. The van der Waals surface area contributed by atoms with Crippen LogP contribution in [0.25, 0.3) is 10.1 Å². The monoisotopic (exact) mass is 314 g/mol. The van der Waals surface area contributed by atoms with Crippen molar-refractivity contribution in [2.45, 2.75) is 13.3 Å². The van der Waals surface area contributed by atoms with Gasteiger partial charge in [-0.2, -0.15) is 0 Å². The minimum absolute atomic E-state index is 0.143. The average Bonchev–Trinajstić information content (AvgIpc) is 2.74. The molecule has 3 N–H and O–H groups in total. The molecule has 7 heteroatoms. The number of nitrogen functional groups attached to an aromatic ring is 1. The molecule has 1 aromatic heterocycles. The SMILES string of the molecule is Cc1ccc2sc(C(=O)N(CCO)CC(F)F)c(N)c2c1. The summed E-state index contributed by atoms with van der Waals surface area (Å²) in [6.07, 6.45) is -2.65. The van der Waals surface area contributed by atoms with Crippen molar-refractivity contribution in [1.82, 2.24) is 4.90 Å². The number of alkyl halides is 2. The molecule has 0 saturated carbocycles. The van der Waals surface area contributed by atoms with Crippen LogP contribution in [0.5, 0.6) is 0 Å². The summed E-state index contributed by atoms with van der Waals surface area (Å²) in [5, 5.41) is 9.68. The summed E-state index contributed by atoms with van der Waals surface area (Å²) >= 11 is 1.18. The van der Waals surface area contributed by atoms with Gasteiger partial charge in [0.15, 0.2) is 0 Å². The first-order valence-electron chi connectivity index (χ1n) is 6.41. The minimum atomic E-state index is -2.65. The molecule has 0 aliphatic rings. The number of halogens is 2. The molecule has 0 atom stereocenters. The molecular weight excluding hydrogens is 298 g/mol. The van der Waals surface area contributed by atoms with Gasteiger partial charge >= 0.3 is 0 Å². The molecule has 114 valence electrons. The Labute approximate surface area is 124 Å². The third-order valence-electron chi connectivity index (χ3n) is 3.09. The van der Waals surface area contributed by atoms with Crippen LogP contribution in [-0.4, -0.2) is 42.0 Å². The van der Waals surface area contributed by atoms with Crippen LogP contribution in [0.4, 0.5) is 14.5 Å². The van der Waals surface area contributed by atoms with Gasteiger partial charge in [0.1, 0.15) is 4.88 Å². The van der Waals surface area contributed by atoms with Gasteiger partial charge in [-0.15, -0.1) is 11.3 Å². The highest BCUT2D eigenvalue weighted by atomic mass is 32.1. The lowest BCUT2D eigenvalue weighted by atomic mass is 10.1. The van der Waals surface area contributed by atoms with Crippen molar-refractivity contribution in [2.24, 2.45) is 0 Å². The molecule has 0 radical (unpaired) electrons. The lowest BCUT2D eigenvalue weighted by molar-refractivity contribution is 0.0514. The van der Waals surface area contributed by atoms with Gasteiger partial charge in [-0.1, -0.05) is 11.6 Å². The van der Waals surface area contributed by atoms with Crippen LogP contribution in [-0.2, 0) is 0 Å². The molecule has 0 spiro atoms. The van der Waals surface area contributed by atoms with Crippen LogP contribution in [0.3, 0.4) is 0 Å². The van der Waals surface area contributed by atoms with Gasteiger partial charge in [-0.05, 0) is 19.1 Å². The van der Waals surface area contributed by atoms with E-state index in [1.54, 1.807) is 0 Å². The molecule has 0 aliphatic heterocycles. The number of hydrogen-bond acceptors (Lipinski definition) is 4. The zero-order valence-corrected chi connectivity index (χ0v) is 12.3. The second-order valence-electron chi connectivity index (χ2n) is 4.71. The zero-order valence-electron chi connectivity index (χ0n) is 11.5. The third kappa shape index (κ3) is 3.30. The first-order chi connectivity index (χ1) is 9.93. The molecule has 1 aromatic carbocycles. The van der Waals surface area contributed by atoms with E-state index in [0.29, 0.717) is 5.69 Å².